The molecule has 73 valence electrons. The molecule has 1 amide bonds. The van der Waals surface area contributed by atoms with E-state index in [0.29, 0.717) is 12.6 Å². The summed E-state index contributed by atoms with van der Waals surface area (Å²) in [5, 5.41) is 7.22. The molecule has 1 aliphatic carbocycles. The van der Waals surface area contributed by atoms with Crippen LogP contribution in [0.25, 0.3) is 0 Å². The fraction of sp³-hybridized carbons (Fsp3) is 0.889. The molecule has 2 aliphatic rings. The van der Waals surface area contributed by atoms with Gasteiger partial charge in [0, 0.05) is 32.2 Å². The minimum Gasteiger partial charge on any atom is -0.352 e. The van der Waals surface area contributed by atoms with E-state index in [9.17, 15) is 4.79 Å². The molecule has 2 rings (SSSR count). The zero-order chi connectivity index (χ0) is 9.10. The SMILES string of the molecule is O=C(CN1CC[N]CC1)NC1CC1. The van der Waals surface area contributed by atoms with Gasteiger partial charge in [-0.25, -0.2) is 5.32 Å². The van der Waals surface area contributed by atoms with Gasteiger partial charge in [0.2, 0.25) is 5.91 Å². The molecule has 1 heterocycles. The van der Waals surface area contributed by atoms with Crippen molar-refractivity contribution in [3.05, 3.63) is 0 Å². The van der Waals surface area contributed by atoms with Gasteiger partial charge in [0.1, 0.15) is 0 Å². The lowest BCUT2D eigenvalue weighted by atomic mass is 10.3. The third kappa shape index (κ3) is 2.97. The summed E-state index contributed by atoms with van der Waals surface area (Å²) >= 11 is 0. The number of piperazine rings is 1. The molecule has 0 bridgehead atoms. The maximum atomic E-state index is 11.4. The van der Waals surface area contributed by atoms with Crippen molar-refractivity contribution in [2.24, 2.45) is 0 Å². The Morgan fingerprint density at radius 3 is 2.69 bits per heavy atom. The Morgan fingerprint density at radius 1 is 1.38 bits per heavy atom. The molecule has 1 aliphatic heterocycles. The second-order valence-electron chi connectivity index (χ2n) is 3.79. The summed E-state index contributed by atoms with van der Waals surface area (Å²) in [5.41, 5.74) is 0. The molecule has 4 nitrogen and oxygen atoms in total. The van der Waals surface area contributed by atoms with Crippen LogP contribution in [0.1, 0.15) is 12.8 Å². The van der Waals surface area contributed by atoms with Gasteiger partial charge < -0.3 is 5.32 Å². The summed E-state index contributed by atoms with van der Waals surface area (Å²) in [6, 6.07) is 0.488. The van der Waals surface area contributed by atoms with Crippen LogP contribution in [0.3, 0.4) is 0 Å². The highest BCUT2D eigenvalue weighted by atomic mass is 16.2. The molecule has 0 aromatic rings. The van der Waals surface area contributed by atoms with Gasteiger partial charge in [-0.05, 0) is 12.8 Å². The van der Waals surface area contributed by atoms with Crippen LogP contribution in [0.4, 0.5) is 0 Å². The van der Waals surface area contributed by atoms with Crippen molar-refractivity contribution < 1.29 is 4.79 Å². The quantitative estimate of drug-likeness (QED) is 0.620. The molecular formula is C9H16N3O. The Balaban J connectivity index is 1.66. The largest absolute Gasteiger partial charge is 0.352 e. The second kappa shape index (κ2) is 4.07. The van der Waals surface area contributed by atoms with Gasteiger partial charge in [-0.15, -0.1) is 0 Å². The topological polar surface area (TPSA) is 46.4 Å². The molecule has 0 aromatic heterocycles. The van der Waals surface area contributed by atoms with Crippen molar-refractivity contribution in [2.75, 3.05) is 32.7 Å². The summed E-state index contributed by atoms with van der Waals surface area (Å²) in [6.45, 7) is 4.22. The maximum absolute atomic E-state index is 11.4. The van der Waals surface area contributed by atoms with Crippen LogP contribution in [0.15, 0.2) is 0 Å². The molecular weight excluding hydrogens is 166 g/mol. The molecule has 2 fully saturated rings. The van der Waals surface area contributed by atoms with E-state index in [1.165, 1.54) is 12.8 Å². The maximum Gasteiger partial charge on any atom is 0.234 e. The van der Waals surface area contributed by atoms with E-state index in [-0.39, 0.29) is 5.91 Å². The van der Waals surface area contributed by atoms with E-state index in [0.717, 1.165) is 26.2 Å². The highest BCUT2D eigenvalue weighted by Gasteiger charge is 2.24. The van der Waals surface area contributed by atoms with Crippen LogP contribution >= 0.6 is 0 Å². The highest BCUT2D eigenvalue weighted by Crippen LogP contribution is 2.18. The smallest absolute Gasteiger partial charge is 0.234 e. The van der Waals surface area contributed by atoms with E-state index < -0.39 is 0 Å². The Hall–Kier alpha value is -0.610. The molecule has 0 aromatic carbocycles. The predicted molar refractivity (Wildman–Crippen MR) is 49.5 cm³/mol. The summed E-state index contributed by atoms with van der Waals surface area (Å²) in [7, 11) is 0. The van der Waals surface area contributed by atoms with Gasteiger partial charge in [0.25, 0.3) is 0 Å². The lowest BCUT2D eigenvalue weighted by molar-refractivity contribution is -0.122. The van der Waals surface area contributed by atoms with E-state index in [1.54, 1.807) is 0 Å². The number of nitrogens with one attached hydrogen (secondary N) is 1. The van der Waals surface area contributed by atoms with Gasteiger partial charge in [-0.3, -0.25) is 9.69 Å². The van der Waals surface area contributed by atoms with Gasteiger partial charge in [-0.2, -0.15) is 0 Å². The van der Waals surface area contributed by atoms with E-state index >= 15 is 0 Å². The van der Waals surface area contributed by atoms with E-state index in [2.05, 4.69) is 15.5 Å². The van der Waals surface area contributed by atoms with Crippen molar-refractivity contribution in [2.45, 2.75) is 18.9 Å². The molecule has 1 saturated carbocycles. The predicted octanol–water partition coefficient (Wildman–Crippen LogP) is -0.815. The zero-order valence-electron chi connectivity index (χ0n) is 7.83. The van der Waals surface area contributed by atoms with E-state index in [1.807, 2.05) is 0 Å². The summed E-state index contributed by atoms with van der Waals surface area (Å²) in [5.74, 6) is 0.185. The first kappa shape index (κ1) is 8.97. The summed E-state index contributed by atoms with van der Waals surface area (Å²) in [6.07, 6.45) is 2.34. The third-order valence-electron chi connectivity index (χ3n) is 2.46. The molecule has 4 heteroatoms. The molecule has 0 spiro atoms. The fourth-order valence-corrected chi connectivity index (χ4v) is 1.51. The van der Waals surface area contributed by atoms with Gasteiger partial charge in [-0.1, -0.05) is 0 Å². The number of carbonyl (C=O) groups is 1. The molecule has 0 unspecified atom stereocenters. The number of carbonyl (C=O) groups excluding carboxylic acids is 1. The number of amides is 1. The lowest BCUT2D eigenvalue weighted by Crippen LogP contribution is -2.45. The molecule has 1 radical (unpaired) electrons. The van der Waals surface area contributed by atoms with Crippen molar-refractivity contribution >= 4 is 5.91 Å². The monoisotopic (exact) mass is 182 g/mol. The normalized spacial score (nSPS) is 24.3. The average Bonchev–Trinajstić information content (AvgIpc) is 2.90. The lowest BCUT2D eigenvalue weighted by Gasteiger charge is -2.25. The highest BCUT2D eigenvalue weighted by molar-refractivity contribution is 5.78. The van der Waals surface area contributed by atoms with Crippen LogP contribution < -0.4 is 10.6 Å². The number of hydrogen-bond acceptors (Lipinski definition) is 2. The van der Waals surface area contributed by atoms with E-state index in [4.69, 9.17) is 0 Å². The second-order valence-corrected chi connectivity index (χ2v) is 3.79. The van der Waals surface area contributed by atoms with Crippen molar-refractivity contribution in [1.82, 2.24) is 15.5 Å². The summed E-state index contributed by atoms with van der Waals surface area (Å²) in [4.78, 5) is 13.5. The number of nitrogens with zero attached hydrogens (tertiary/aromatic N) is 2. The summed E-state index contributed by atoms with van der Waals surface area (Å²) < 4.78 is 0. The zero-order valence-corrected chi connectivity index (χ0v) is 7.83. The van der Waals surface area contributed by atoms with Crippen LogP contribution in [0.2, 0.25) is 0 Å². The molecule has 1 N–H and O–H groups in total. The standard InChI is InChI=1S/C9H16N3O/c13-9(11-8-1-2-8)7-12-5-3-10-4-6-12/h8H,1-7H2,(H,11,13). The van der Waals surface area contributed by atoms with Gasteiger partial charge in [0.05, 0.1) is 6.54 Å². The van der Waals surface area contributed by atoms with Crippen LogP contribution in [-0.2, 0) is 4.79 Å². The Morgan fingerprint density at radius 2 is 2.08 bits per heavy atom. The van der Waals surface area contributed by atoms with Crippen molar-refractivity contribution in [1.29, 1.82) is 0 Å². The average molecular weight is 182 g/mol. The molecule has 1 saturated heterocycles. The van der Waals surface area contributed by atoms with Crippen LogP contribution in [0.5, 0.6) is 0 Å². The molecule has 13 heavy (non-hydrogen) atoms. The van der Waals surface area contributed by atoms with Gasteiger partial charge in [0.15, 0.2) is 0 Å². The van der Waals surface area contributed by atoms with Crippen LogP contribution in [-0.4, -0.2) is 49.6 Å². The number of hydrogen-bond donors (Lipinski definition) is 1. The van der Waals surface area contributed by atoms with Gasteiger partial charge >= 0.3 is 0 Å². The molecule has 0 atom stereocenters. The van der Waals surface area contributed by atoms with Crippen LogP contribution in [0, 0.1) is 0 Å². The minimum absolute atomic E-state index is 0.185. The first-order valence-electron chi connectivity index (χ1n) is 4.99. The Bertz CT molecular complexity index is 185. The Kier molecular flexibility index (Phi) is 2.80. The first-order chi connectivity index (χ1) is 6.34. The first-order valence-corrected chi connectivity index (χ1v) is 4.99. The number of rotatable bonds is 3. The minimum atomic E-state index is 0.185. The Labute approximate surface area is 78.7 Å². The fourth-order valence-electron chi connectivity index (χ4n) is 1.51. The van der Waals surface area contributed by atoms with Crippen molar-refractivity contribution in [3.8, 4) is 0 Å². The third-order valence-corrected chi connectivity index (χ3v) is 2.46. The van der Waals surface area contributed by atoms with Crippen molar-refractivity contribution in [3.63, 3.8) is 0 Å².